The lowest BCUT2D eigenvalue weighted by Crippen LogP contribution is -2.04. The number of aldehydes is 1. The van der Waals surface area contributed by atoms with E-state index in [1.807, 2.05) is 6.92 Å². The average Bonchev–Trinajstić information content (AvgIpc) is 2.64. The van der Waals surface area contributed by atoms with Crippen molar-refractivity contribution < 1.29 is 4.79 Å². The monoisotopic (exact) mass is 162 g/mol. The van der Waals surface area contributed by atoms with Crippen molar-refractivity contribution in [2.24, 2.45) is 17.8 Å². The molecule has 0 heterocycles. The van der Waals surface area contributed by atoms with Gasteiger partial charge < -0.3 is 0 Å². The van der Waals surface area contributed by atoms with E-state index in [0.717, 1.165) is 23.7 Å². The molecule has 0 amide bonds. The van der Waals surface area contributed by atoms with E-state index in [9.17, 15) is 4.79 Å². The summed E-state index contributed by atoms with van der Waals surface area (Å²) < 4.78 is 0. The lowest BCUT2D eigenvalue weighted by Gasteiger charge is -2.13. The highest BCUT2D eigenvalue weighted by molar-refractivity contribution is 5.72. The largest absolute Gasteiger partial charge is 0.298 e. The summed E-state index contributed by atoms with van der Waals surface area (Å²) in [5.41, 5.74) is 0.890. The van der Waals surface area contributed by atoms with Crippen LogP contribution < -0.4 is 0 Å². The molecule has 12 heavy (non-hydrogen) atoms. The second kappa shape index (κ2) is 2.89. The van der Waals surface area contributed by atoms with E-state index in [1.165, 1.54) is 12.8 Å². The topological polar surface area (TPSA) is 17.1 Å². The van der Waals surface area contributed by atoms with Gasteiger partial charge in [-0.25, -0.2) is 0 Å². The SMILES string of the molecule is C/C(C=O)=C\C1CC2C=CC1C2. The quantitative estimate of drug-likeness (QED) is 0.346. The van der Waals surface area contributed by atoms with Crippen LogP contribution in [0.2, 0.25) is 0 Å². The van der Waals surface area contributed by atoms with Crippen LogP contribution in [0.25, 0.3) is 0 Å². The Kier molecular flexibility index (Phi) is 1.87. The average molecular weight is 162 g/mol. The van der Waals surface area contributed by atoms with Gasteiger partial charge in [-0.05, 0) is 43.1 Å². The Balaban J connectivity index is 2.08. The van der Waals surface area contributed by atoms with Crippen LogP contribution in [-0.4, -0.2) is 6.29 Å². The van der Waals surface area contributed by atoms with E-state index in [-0.39, 0.29) is 0 Å². The van der Waals surface area contributed by atoms with E-state index in [1.54, 1.807) is 0 Å². The van der Waals surface area contributed by atoms with Crippen LogP contribution >= 0.6 is 0 Å². The first-order chi connectivity index (χ1) is 5.79. The van der Waals surface area contributed by atoms with Crippen molar-refractivity contribution in [2.45, 2.75) is 19.8 Å². The summed E-state index contributed by atoms with van der Waals surface area (Å²) >= 11 is 0. The van der Waals surface area contributed by atoms with Crippen molar-refractivity contribution in [3.8, 4) is 0 Å². The van der Waals surface area contributed by atoms with Crippen LogP contribution in [-0.2, 0) is 4.79 Å². The molecule has 0 radical (unpaired) electrons. The molecule has 1 fully saturated rings. The van der Waals surface area contributed by atoms with Crippen LogP contribution in [0, 0.1) is 17.8 Å². The zero-order chi connectivity index (χ0) is 8.55. The molecule has 2 aliphatic carbocycles. The summed E-state index contributed by atoms with van der Waals surface area (Å²) in [6.07, 6.45) is 10.3. The standard InChI is InChI=1S/C11H14O/c1-8(7-12)4-11-6-9-2-3-10(11)5-9/h2-4,7,9-11H,5-6H2,1H3/b8-4+. The zero-order valence-electron chi connectivity index (χ0n) is 7.36. The zero-order valence-corrected chi connectivity index (χ0v) is 7.36. The summed E-state index contributed by atoms with van der Waals surface area (Å²) in [7, 11) is 0. The molecular weight excluding hydrogens is 148 g/mol. The van der Waals surface area contributed by atoms with Gasteiger partial charge in [-0.2, -0.15) is 0 Å². The van der Waals surface area contributed by atoms with Crippen molar-refractivity contribution in [2.75, 3.05) is 0 Å². The predicted octanol–water partition coefficient (Wildman–Crippen LogP) is 2.34. The van der Waals surface area contributed by atoms with Crippen molar-refractivity contribution in [1.29, 1.82) is 0 Å². The summed E-state index contributed by atoms with van der Waals surface area (Å²) in [6.45, 7) is 1.89. The minimum atomic E-state index is 0.644. The number of rotatable bonds is 2. The maximum Gasteiger partial charge on any atom is 0.145 e. The summed E-state index contributed by atoms with van der Waals surface area (Å²) in [5.74, 6) is 2.17. The van der Waals surface area contributed by atoms with Gasteiger partial charge in [0.1, 0.15) is 6.29 Å². The van der Waals surface area contributed by atoms with Gasteiger partial charge in [0.05, 0.1) is 0 Å². The summed E-state index contributed by atoms with van der Waals surface area (Å²) in [5, 5.41) is 0. The molecule has 1 heteroatoms. The third kappa shape index (κ3) is 1.24. The molecule has 2 rings (SSSR count). The molecule has 3 unspecified atom stereocenters. The van der Waals surface area contributed by atoms with Crippen molar-refractivity contribution in [1.82, 2.24) is 0 Å². The smallest absolute Gasteiger partial charge is 0.145 e. The van der Waals surface area contributed by atoms with Gasteiger partial charge in [0.2, 0.25) is 0 Å². The molecule has 1 nitrogen and oxygen atoms in total. The Morgan fingerprint density at radius 2 is 2.25 bits per heavy atom. The van der Waals surface area contributed by atoms with Crippen molar-refractivity contribution in [3.63, 3.8) is 0 Å². The van der Waals surface area contributed by atoms with Crippen molar-refractivity contribution in [3.05, 3.63) is 23.8 Å². The van der Waals surface area contributed by atoms with Gasteiger partial charge in [-0.3, -0.25) is 4.79 Å². The molecule has 2 aliphatic rings. The first kappa shape index (κ1) is 7.78. The van der Waals surface area contributed by atoms with E-state index in [4.69, 9.17) is 0 Å². The normalized spacial score (nSPS) is 39.1. The molecule has 0 N–H and O–H groups in total. The number of carbonyl (C=O) groups excluding carboxylic acids is 1. The molecule has 2 bridgehead atoms. The van der Waals surface area contributed by atoms with E-state index in [0.29, 0.717) is 5.92 Å². The Bertz CT molecular complexity index is 250. The second-order valence-electron chi connectivity index (χ2n) is 3.97. The molecule has 0 aromatic heterocycles. The number of hydrogen-bond donors (Lipinski definition) is 0. The molecular formula is C11H14O. The van der Waals surface area contributed by atoms with E-state index >= 15 is 0 Å². The molecule has 1 saturated carbocycles. The van der Waals surface area contributed by atoms with Crippen LogP contribution in [0.15, 0.2) is 23.8 Å². The van der Waals surface area contributed by atoms with Crippen LogP contribution in [0.3, 0.4) is 0 Å². The Morgan fingerprint density at radius 1 is 1.42 bits per heavy atom. The van der Waals surface area contributed by atoms with Gasteiger partial charge in [0.25, 0.3) is 0 Å². The van der Waals surface area contributed by atoms with E-state index in [2.05, 4.69) is 18.2 Å². The molecule has 3 atom stereocenters. The summed E-state index contributed by atoms with van der Waals surface area (Å²) in [6, 6.07) is 0. The fourth-order valence-electron chi connectivity index (χ4n) is 2.39. The van der Waals surface area contributed by atoms with Crippen LogP contribution in [0.1, 0.15) is 19.8 Å². The predicted molar refractivity (Wildman–Crippen MR) is 48.7 cm³/mol. The minimum Gasteiger partial charge on any atom is -0.298 e. The van der Waals surface area contributed by atoms with Crippen LogP contribution in [0.4, 0.5) is 0 Å². The third-order valence-corrected chi connectivity index (χ3v) is 2.99. The summed E-state index contributed by atoms with van der Waals surface area (Å²) in [4.78, 5) is 10.4. The molecule has 0 aromatic carbocycles. The van der Waals surface area contributed by atoms with Gasteiger partial charge >= 0.3 is 0 Å². The Labute approximate surface area is 73.2 Å². The molecule has 0 saturated heterocycles. The highest BCUT2D eigenvalue weighted by atomic mass is 16.1. The number of carbonyl (C=O) groups is 1. The molecule has 0 aromatic rings. The lowest BCUT2D eigenvalue weighted by atomic mass is 9.92. The first-order valence-corrected chi connectivity index (χ1v) is 4.61. The fourth-order valence-corrected chi connectivity index (χ4v) is 2.39. The Hall–Kier alpha value is -0.850. The van der Waals surface area contributed by atoms with Gasteiger partial charge in [-0.15, -0.1) is 0 Å². The number of allylic oxidation sites excluding steroid dienone is 4. The third-order valence-electron chi connectivity index (χ3n) is 2.99. The fraction of sp³-hybridized carbons (Fsp3) is 0.545. The van der Waals surface area contributed by atoms with Crippen LogP contribution in [0.5, 0.6) is 0 Å². The van der Waals surface area contributed by atoms with Gasteiger partial charge in [-0.1, -0.05) is 18.2 Å². The van der Waals surface area contributed by atoms with E-state index < -0.39 is 0 Å². The molecule has 64 valence electrons. The lowest BCUT2D eigenvalue weighted by molar-refractivity contribution is -0.104. The molecule has 0 aliphatic heterocycles. The van der Waals surface area contributed by atoms with Gasteiger partial charge in [0.15, 0.2) is 0 Å². The number of fused-ring (bicyclic) bond motifs is 2. The van der Waals surface area contributed by atoms with Gasteiger partial charge in [0, 0.05) is 0 Å². The minimum absolute atomic E-state index is 0.644. The van der Waals surface area contributed by atoms with Crippen molar-refractivity contribution >= 4 is 6.29 Å². The Morgan fingerprint density at radius 3 is 2.75 bits per heavy atom. The second-order valence-corrected chi connectivity index (χ2v) is 3.97. The number of hydrogen-bond acceptors (Lipinski definition) is 1. The molecule has 0 spiro atoms. The highest BCUT2D eigenvalue weighted by Crippen LogP contribution is 2.44. The maximum absolute atomic E-state index is 10.4. The maximum atomic E-state index is 10.4. The highest BCUT2D eigenvalue weighted by Gasteiger charge is 2.33. The first-order valence-electron chi connectivity index (χ1n) is 4.61.